The molecule has 1 saturated heterocycles. The number of aromatic nitrogens is 2. The summed E-state index contributed by atoms with van der Waals surface area (Å²) in [5.74, 6) is 0.234. The van der Waals surface area contributed by atoms with Gasteiger partial charge in [0, 0.05) is 18.1 Å². The van der Waals surface area contributed by atoms with Crippen LogP contribution < -0.4 is 5.56 Å². The molecule has 1 fully saturated rings. The molecule has 31 heavy (non-hydrogen) atoms. The third-order valence-electron chi connectivity index (χ3n) is 5.18. The molecule has 2 atom stereocenters. The highest BCUT2D eigenvalue weighted by molar-refractivity contribution is 7.99. The van der Waals surface area contributed by atoms with E-state index in [1.54, 1.807) is 22.8 Å². The number of hydrogen-bond donors (Lipinski definition) is 0. The molecule has 1 aromatic heterocycles. The van der Waals surface area contributed by atoms with Gasteiger partial charge < -0.3 is 9.64 Å². The molecule has 0 aliphatic carbocycles. The molecular weight excluding hydrogens is 434 g/mol. The Morgan fingerprint density at radius 1 is 1.13 bits per heavy atom. The quantitative estimate of drug-likeness (QED) is 0.430. The SMILES string of the molecule is CC1CN(C(=O)CSc2nc3ccccc3c(=O)n2Cc2ccc(Cl)cc2)CC(C)O1. The lowest BCUT2D eigenvalue weighted by atomic mass is 10.2. The minimum absolute atomic E-state index is 0.0135. The van der Waals surface area contributed by atoms with Crippen LogP contribution in [0.1, 0.15) is 19.4 Å². The van der Waals surface area contributed by atoms with Crippen molar-refractivity contribution >= 4 is 40.2 Å². The molecule has 1 aliphatic heterocycles. The van der Waals surface area contributed by atoms with Gasteiger partial charge in [0.2, 0.25) is 5.91 Å². The van der Waals surface area contributed by atoms with Crippen molar-refractivity contribution in [2.24, 2.45) is 0 Å². The Bertz CT molecular complexity index is 1140. The van der Waals surface area contributed by atoms with Crippen LogP contribution in [0.3, 0.4) is 0 Å². The number of halogens is 1. The molecule has 3 aromatic rings. The van der Waals surface area contributed by atoms with E-state index in [0.29, 0.717) is 40.7 Å². The van der Waals surface area contributed by atoms with Crippen molar-refractivity contribution in [3.8, 4) is 0 Å². The molecule has 0 radical (unpaired) electrons. The number of nitrogens with zero attached hydrogens (tertiary/aromatic N) is 3. The van der Waals surface area contributed by atoms with Crippen molar-refractivity contribution in [3.05, 3.63) is 69.5 Å². The van der Waals surface area contributed by atoms with Gasteiger partial charge in [0.25, 0.3) is 5.56 Å². The summed E-state index contributed by atoms with van der Waals surface area (Å²) in [5.41, 5.74) is 1.44. The van der Waals surface area contributed by atoms with E-state index < -0.39 is 0 Å². The van der Waals surface area contributed by atoms with Crippen LogP contribution in [0.2, 0.25) is 5.02 Å². The topological polar surface area (TPSA) is 64.4 Å². The number of hydrogen-bond acceptors (Lipinski definition) is 5. The fraction of sp³-hybridized carbons (Fsp3) is 0.348. The van der Waals surface area contributed by atoms with Crippen molar-refractivity contribution in [2.75, 3.05) is 18.8 Å². The molecule has 6 nitrogen and oxygen atoms in total. The average Bonchev–Trinajstić information content (AvgIpc) is 2.75. The van der Waals surface area contributed by atoms with Crippen molar-refractivity contribution in [1.29, 1.82) is 0 Å². The highest BCUT2D eigenvalue weighted by Crippen LogP contribution is 2.21. The summed E-state index contributed by atoms with van der Waals surface area (Å²) >= 11 is 7.29. The number of ether oxygens (including phenoxy) is 1. The summed E-state index contributed by atoms with van der Waals surface area (Å²) in [6.07, 6.45) is 0.0270. The number of rotatable bonds is 5. The average molecular weight is 458 g/mol. The standard InChI is InChI=1S/C23H24ClN3O3S/c1-15-11-26(12-16(2)30-15)21(28)14-31-23-25-20-6-4-3-5-19(20)22(29)27(23)13-17-7-9-18(24)10-8-17/h3-10,15-16H,11-14H2,1-2H3. The predicted octanol–water partition coefficient (Wildman–Crippen LogP) is 3.83. The Hall–Kier alpha value is -2.35. The lowest BCUT2D eigenvalue weighted by molar-refractivity contribution is -0.140. The maximum Gasteiger partial charge on any atom is 0.262 e. The second kappa shape index (κ2) is 9.42. The molecule has 2 aromatic carbocycles. The third-order valence-corrected chi connectivity index (χ3v) is 6.39. The molecular formula is C23H24ClN3O3S. The van der Waals surface area contributed by atoms with E-state index in [1.165, 1.54) is 11.8 Å². The molecule has 1 amide bonds. The number of carbonyl (C=O) groups is 1. The van der Waals surface area contributed by atoms with Gasteiger partial charge in [0.15, 0.2) is 5.16 Å². The van der Waals surface area contributed by atoms with Gasteiger partial charge in [-0.25, -0.2) is 4.98 Å². The van der Waals surface area contributed by atoms with Crippen LogP contribution in [0.15, 0.2) is 58.5 Å². The predicted molar refractivity (Wildman–Crippen MR) is 124 cm³/mol. The molecule has 2 unspecified atom stereocenters. The second-order valence-electron chi connectivity index (χ2n) is 7.77. The van der Waals surface area contributed by atoms with Gasteiger partial charge in [0.05, 0.1) is 35.4 Å². The van der Waals surface area contributed by atoms with E-state index in [0.717, 1.165) is 5.56 Å². The summed E-state index contributed by atoms with van der Waals surface area (Å²) in [6.45, 7) is 5.45. The molecule has 0 saturated carbocycles. The Labute approximate surface area is 190 Å². The summed E-state index contributed by atoms with van der Waals surface area (Å²) in [7, 11) is 0. The highest BCUT2D eigenvalue weighted by atomic mass is 35.5. The Morgan fingerprint density at radius 3 is 2.52 bits per heavy atom. The smallest absolute Gasteiger partial charge is 0.262 e. The lowest BCUT2D eigenvalue weighted by Crippen LogP contribution is -2.48. The number of para-hydroxylation sites is 1. The first-order chi connectivity index (χ1) is 14.9. The Morgan fingerprint density at radius 2 is 1.81 bits per heavy atom. The van der Waals surface area contributed by atoms with E-state index in [2.05, 4.69) is 0 Å². The van der Waals surface area contributed by atoms with Gasteiger partial charge in [-0.1, -0.05) is 47.6 Å². The number of thioether (sulfide) groups is 1. The van der Waals surface area contributed by atoms with Crippen LogP contribution in [0.4, 0.5) is 0 Å². The summed E-state index contributed by atoms with van der Waals surface area (Å²) in [5, 5.41) is 1.73. The molecule has 162 valence electrons. The molecule has 1 aliphatic rings. The maximum atomic E-state index is 13.2. The first kappa shape index (κ1) is 21.9. The van der Waals surface area contributed by atoms with Crippen LogP contribution in [-0.4, -0.2) is 51.4 Å². The van der Waals surface area contributed by atoms with Crippen molar-refractivity contribution < 1.29 is 9.53 Å². The Balaban J connectivity index is 1.61. The molecule has 0 bridgehead atoms. The fourth-order valence-corrected chi connectivity index (χ4v) is 4.80. The molecule has 8 heteroatoms. The summed E-state index contributed by atoms with van der Waals surface area (Å²) in [6, 6.07) is 14.7. The van der Waals surface area contributed by atoms with Crippen LogP contribution >= 0.6 is 23.4 Å². The van der Waals surface area contributed by atoms with E-state index in [-0.39, 0.29) is 29.4 Å². The third kappa shape index (κ3) is 5.11. The number of fused-ring (bicyclic) bond motifs is 1. The molecule has 2 heterocycles. The first-order valence-corrected chi connectivity index (χ1v) is 11.6. The molecule has 0 N–H and O–H groups in total. The van der Waals surface area contributed by atoms with Gasteiger partial charge in [0.1, 0.15) is 0 Å². The zero-order valence-electron chi connectivity index (χ0n) is 17.5. The molecule has 4 rings (SSSR count). The van der Waals surface area contributed by atoms with Crippen LogP contribution in [0, 0.1) is 0 Å². The van der Waals surface area contributed by atoms with Gasteiger partial charge >= 0.3 is 0 Å². The van der Waals surface area contributed by atoms with Gasteiger partial charge in [-0.3, -0.25) is 14.2 Å². The maximum absolute atomic E-state index is 13.2. The van der Waals surface area contributed by atoms with Crippen LogP contribution in [0.5, 0.6) is 0 Å². The Kier molecular flexibility index (Phi) is 6.65. The van der Waals surface area contributed by atoms with E-state index in [9.17, 15) is 9.59 Å². The van der Waals surface area contributed by atoms with Crippen LogP contribution in [0.25, 0.3) is 10.9 Å². The number of morpholine rings is 1. The molecule has 0 spiro atoms. The fourth-order valence-electron chi connectivity index (χ4n) is 3.77. The number of carbonyl (C=O) groups excluding carboxylic acids is 1. The van der Waals surface area contributed by atoms with E-state index in [1.807, 2.05) is 49.1 Å². The van der Waals surface area contributed by atoms with Crippen molar-refractivity contribution in [3.63, 3.8) is 0 Å². The second-order valence-corrected chi connectivity index (χ2v) is 9.15. The normalized spacial score (nSPS) is 19.0. The first-order valence-electron chi connectivity index (χ1n) is 10.2. The number of amides is 1. The van der Waals surface area contributed by atoms with Crippen LogP contribution in [-0.2, 0) is 16.1 Å². The summed E-state index contributed by atoms with van der Waals surface area (Å²) < 4.78 is 7.35. The van der Waals surface area contributed by atoms with E-state index >= 15 is 0 Å². The largest absolute Gasteiger partial charge is 0.372 e. The highest BCUT2D eigenvalue weighted by Gasteiger charge is 2.26. The van der Waals surface area contributed by atoms with Crippen molar-refractivity contribution in [1.82, 2.24) is 14.5 Å². The summed E-state index contributed by atoms with van der Waals surface area (Å²) in [4.78, 5) is 32.6. The minimum Gasteiger partial charge on any atom is -0.372 e. The van der Waals surface area contributed by atoms with Gasteiger partial charge in [-0.2, -0.15) is 0 Å². The number of benzene rings is 2. The lowest BCUT2D eigenvalue weighted by Gasteiger charge is -2.35. The van der Waals surface area contributed by atoms with Gasteiger partial charge in [-0.15, -0.1) is 0 Å². The zero-order chi connectivity index (χ0) is 22.0. The van der Waals surface area contributed by atoms with Crippen molar-refractivity contribution in [2.45, 2.75) is 37.8 Å². The monoisotopic (exact) mass is 457 g/mol. The minimum atomic E-state index is -0.121. The van der Waals surface area contributed by atoms with Gasteiger partial charge in [-0.05, 0) is 43.7 Å². The zero-order valence-corrected chi connectivity index (χ0v) is 19.0. The van der Waals surface area contributed by atoms with E-state index in [4.69, 9.17) is 21.3 Å².